The predicted molar refractivity (Wildman–Crippen MR) is 139 cm³/mol. The number of nitrogens with zero attached hydrogens (tertiary/aromatic N) is 1. The van der Waals surface area contributed by atoms with Crippen LogP contribution < -0.4 is 5.32 Å². The van der Waals surface area contributed by atoms with Gasteiger partial charge in [-0.3, -0.25) is 9.59 Å². The molecule has 3 atom stereocenters. The van der Waals surface area contributed by atoms with Gasteiger partial charge in [0.2, 0.25) is 5.91 Å². The molecule has 2 aromatic rings. The lowest BCUT2D eigenvalue weighted by atomic mass is 9.77. The minimum absolute atomic E-state index is 0.00728. The van der Waals surface area contributed by atoms with Gasteiger partial charge in [-0.25, -0.2) is 0 Å². The second-order valence-electron chi connectivity index (χ2n) is 9.99. The highest BCUT2D eigenvalue weighted by atomic mass is 16.2. The molecule has 1 fully saturated rings. The Labute approximate surface area is 203 Å². The Morgan fingerprint density at radius 2 is 1.76 bits per heavy atom. The molecule has 4 rings (SSSR count). The first kappa shape index (κ1) is 24.0. The Kier molecular flexibility index (Phi) is 7.35. The molecule has 34 heavy (non-hydrogen) atoms. The number of likely N-dealkylation sites (tertiary alicyclic amines) is 1. The van der Waals surface area contributed by atoms with E-state index in [-0.39, 0.29) is 29.7 Å². The second-order valence-corrected chi connectivity index (χ2v) is 9.99. The van der Waals surface area contributed by atoms with Crippen molar-refractivity contribution in [1.29, 1.82) is 0 Å². The van der Waals surface area contributed by atoms with Crippen LogP contribution in [0.2, 0.25) is 0 Å². The Morgan fingerprint density at radius 3 is 2.44 bits per heavy atom. The number of hydrogen-bond donors (Lipinski definition) is 1. The van der Waals surface area contributed by atoms with Crippen LogP contribution >= 0.6 is 0 Å². The van der Waals surface area contributed by atoms with Gasteiger partial charge in [0.25, 0.3) is 5.91 Å². The molecule has 0 bridgehead atoms. The lowest BCUT2D eigenvalue weighted by molar-refractivity contribution is -0.123. The monoisotopic (exact) mass is 456 g/mol. The number of amides is 2. The summed E-state index contributed by atoms with van der Waals surface area (Å²) >= 11 is 0. The molecule has 1 saturated heterocycles. The third kappa shape index (κ3) is 5.01. The van der Waals surface area contributed by atoms with Gasteiger partial charge in [-0.05, 0) is 67.9 Å². The summed E-state index contributed by atoms with van der Waals surface area (Å²) in [5, 5.41) is 3.18. The van der Waals surface area contributed by atoms with E-state index in [0.29, 0.717) is 12.5 Å². The van der Waals surface area contributed by atoms with Gasteiger partial charge in [-0.2, -0.15) is 0 Å². The summed E-state index contributed by atoms with van der Waals surface area (Å²) in [5.41, 5.74) is 4.77. The van der Waals surface area contributed by atoms with Crippen molar-refractivity contribution in [3.8, 4) is 0 Å². The standard InChI is InChI=1S/C30H36N2O2/c1-20(2)24-15-9-16-25(19-24)31-29(33)26-17-10-18-32(28(26)23-13-6-5-7-14-23)30(34)27-21(3)11-8-12-22(27)4/h5-9,11-13,15-16,19-20,23,26,28H,10,14,17-18H2,1-4H3,(H,31,33)/t23-,26?,28?/m1/s1. The number of anilines is 1. The molecular formula is C30H36N2O2. The minimum Gasteiger partial charge on any atom is -0.334 e. The molecule has 2 amide bonds. The van der Waals surface area contributed by atoms with Gasteiger partial charge in [0.15, 0.2) is 0 Å². The maximum atomic E-state index is 13.9. The maximum Gasteiger partial charge on any atom is 0.254 e. The Hall–Kier alpha value is -3.14. The highest BCUT2D eigenvalue weighted by Crippen LogP contribution is 2.35. The molecule has 2 aromatic carbocycles. The fourth-order valence-electron chi connectivity index (χ4n) is 5.43. The number of aryl methyl sites for hydroxylation is 2. The van der Waals surface area contributed by atoms with Crippen molar-refractivity contribution in [3.05, 3.63) is 89.0 Å². The molecule has 0 spiro atoms. The SMILES string of the molecule is Cc1cccc(C)c1C(=O)N1CCCC(C(=O)Nc2cccc(C(C)C)c2)C1[C@@H]1C=CC=CC1. The van der Waals surface area contributed by atoms with Crippen molar-refractivity contribution >= 4 is 17.5 Å². The zero-order chi connectivity index (χ0) is 24.2. The van der Waals surface area contributed by atoms with E-state index in [4.69, 9.17) is 0 Å². The van der Waals surface area contributed by atoms with Crippen LogP contribution in [-0.2, 0) is 4.79 Å². The van der Waals surface area contributed by atoms with E-state index >= 15 is 0 Å². The predicted octanol–water partition coefficient (Wildman–Crippen LogP) is 6.42. The lowest BCUT2D eigenvalue weighted by Crippen LogP contribution is -2.55. The lowest BCUT2D eigenvalue weighted by Gasteiger charge is -2.44. The highest BCUT2D eigenvalue weighted by Gasteiger charge is 2.42. The van der Waals surface area contributed by atoms with Gasteiger partial charge < -0.3 is 10.2 Å². The molecule has 1 aliphatic carbocycles. The molecule has 0 radical (unpaired) electrons. The first-order chi connectivity index (χ1) is 16.4. The summed E-state index contributed by atoms with van der Waals surface area (Å²) in [6.07, 6.45) is 10.8. The second kappa shape index (κ2) is 10.4. The van der Waals surface area contributed by atoms with Gasteiger partial charge in [0.1, 0.15) is 0 Å². The van der Waals surface area contributed by atoms with Crippen LogP contribution in [0.1, 0.15) is 66.1 Å². The van der Waals surface area contributed by atoms with E-state index in [1.807, 2.05) is 61.2 Å². The molecule has 4 nitrogen and oxygen atoms in total. The Balaban J connectivity index is 1.65. The summed E-state index contributed by atoms with van der Waals surface area (Å²) in [6.45, 7) is 8.97. The number of nitrogens with one attached hydrogen (secondary N) is 1. The minimum atomic E-state index is -0.258. The summed E-state index contributed by atoms with van der Waals surface area (Å²) in [5.74, 6) is 0.307. The summed E-state index contributed by atoms with van der Waals surface area (Å²) in [4.78, 5) is 29.5. The zero-order valence-corrected chi connectivity index (χ0v) is 20.8. The number of carbonyl (C=O) groups excluding carboxylic acids is 2. The first-order valence-corrected chi connectivity index (χ1v) is 12.5. The number of rotatable bonds is 5. The summed E-state index contributed by atoms with van der Waals surface area (Å²) in [7, 11) is 0. The molecular weight excluding hydrogens is 420 g/mol. The van der Waals surface area contributed by atoms with Gasteiger partial charge in [-0.1, -0.05) is 68.5 Å². The highest BCUT2D eigenvalue weighted by molar-refractivity contribution is 5.99. The van der Waals surface area contributed by atoms with Crippen molar-refractivity contribution in [3.63, 3.8) is 0 Å². The van der Waals surface area contributed by atoms with E-state index in [1.165, 1.54) is 5.56 Å². The number of hydrogen-bond acceptors (Lipinski definition) is 2. The Morgan fingerprint density at radius 1 is 1.03 bits per heavy atom. The fraction of sp³-hybridized carbons (Fsp3) is 0.400. The smallest absolute Gasteiger partial charge is 0.254 e. The zero-order valence-electron chi connectivity index (χ0n) is 20.8. The average molecular weight is 457 g/mol. The third-order valence-corrected chi connectivity index (χ3v) is 7.25. The van der Waals surface area contributed by atoms with Crippen molar-refractivity contribution < 1.29 is 9.59 Å². The molecule has 0 aromatic heterocycles. The van der Waals surface area contributed by atoms with Gasteiger partial charge in [-0.15, -0.1) is 0 Å². The first-order valence-electron chi connectivity index (χ1n) is 12.5. The van der Waals surface area contributed by atoms with Crippen molar-refractivity contribution in [1.82, 2.24) is 4.90 Å². The van der Waals surface area contributed by atoms with Crippen LogP contribution in [-0.4, -0.2) is 29.3 Å². The molecule has 2 unspecified atom stereocenters. The Bertz CT molecular complexity index is 1090. The van der Waals surface area contributed by atoms with Crippen LogP contribution in [0.3, 0.4) is 0 Å². The summed E-state index contributed by atoms with van der Waals surface area (Å²) < 4.78 is 0. The van der Waals surface area contributed by atoms with Crippen LogP contribution in [0.4, 0.5) is 5.69 Å². The van der Waals surface area contributed by atoms with Crippen molar-refractivity contribution in [2.75, 3.05) is 11.9 Å². The molecule has 178 valence electrons. The quantitative estimate of drug-likeness (QED) is 0.564. The largest absolute Gasteiger partial charge is 0.334 e. The van der Waals surface area contributed by atoms with Crippen molar-refractivity contribution in [2.45, 2.75) is 58.9 Å². The topological polar surface area (TPSA) is 49.4 Å². The van der Waals surface area contributed by atoms with Crippen LogP contribution in [0, 0.1) is 25.7 Å². The fourth-order valence-corrected chi connectivity index (χ4v) is 5.43. The molecule has 2 aliphatic rings. The van der Waals surface area contributed by atoms with E-state index in [2.05, 4.69) is 43.4 Å². The van der Waals surface area contributed by atoms with E-state index < -0.39 is 0 Å². The van der Waals surface area contributed by atoms with Crippen LogP contribution in [0.25, 0.3) is 0 Å². The molecule has 1 heterocycles. The molecule has 1 N–H and O–H groups in total. The number of allylic oxidation sites excluding steroid dienone is 3. The molecule has 1 aliphatic heterocycles. The third-order valence-electron chi connectivity index (χ3n) is 7.25. The van der Waals surface area contributed by atoms with Crippen LogP contribution in [0.5, 0.6) is 0 Å². The van der Waals surface area contributed by atoms with E-state index in [1.54, 1.807) is 0 Å². The molecule has 0 saturated carbocycles. The van der Waals surface area contributed by atoms with E-state index in [9.17, 15) is 9.59 Å². The van der Waals surface area contributed by atoms with E-state index in [0.717, 1.165) is 41.6 Å². The number of benzene rings is 2. The number of piperidine rings is 1. The summed E-state index contributed by atoms with van der Waals surface area (Å²) in [6, 6.07) is 13.9. The van der Waals surface area contributed by atoms with Crippen molar-refractivity contribution in [2.24, 2.45) is 11.8 Å². The number of carbonyl (C=O) groups is 2. The van der Waals surface area contributed by atoms with Crippen LogP contribution in [0.15, 0.2) is 66.8 Å². The normalized spacial score (nSPS) is 22.1. The van der Waals surface area contributed by atoms with Gasteiger partial charge >= 0.3 is 0 Å². The van der Waals surface area contributed by atoms with Gasteiger partial charge in [0.05, 0.1) is 12.0 Å². The average Bonchev–Trinajstić information content (AvgIpc) is 2.84. The molecule has 4 heteroatoms. The maximum absolute atomic E-state index is 13.9. The van der Waals surface area contributed by atoms with Gasteiger partial charge in [0, 0.05) is 23.7 Å².